The highest BCUT2D eigenvalue weighted by Crippen LogP contribution is 2.66. The van der Waals surface area contributed by atoms with Gasteiger partial charge in [-0.2, -0.15) is 0 Å². The average molecular weight is 715 g/mol. The smallest absolute Gasteiger partial charge is 0.269 e. The first-order chi connectivity index (χ1) is 22.7. The van der Waals surface area contributed by atoms with Gasteiger partial charge in [0.25, 0.3) is 17.5 Å². The number of nitrogens with zero attached hydrogens (tertiary/aromatic N) is 3. The molecule has 0 unspecified atom stereocenters. The number of nitro benzene ring substituents is 1. The number of phenolic OH excluding ortho intramolecular Hbond substituents is 1. The standard InChI is InChI=1S/C33H23Cl3FN3O8/c1-48-24-13-15(12-23(34)27(24)41)26-20-10-11-21-25(29(43)38(28(21)42)17-6-8-19(9-7-17)40(46)47)22(20)14-32(35)30(44)39(31(45)33(26,32)36)18-4-2-16(37)3-5-18/h2-10,12-13,21-22,25-26,41H,11,14H2,1H3/t21-,22+,25-,26-,32+,33-/m0/s1. The van der Waals surface area contributed by atoms with Gasteiger partial charge in [0, 0.05) is 18.1 Å². The van der Waals surface area contributed by atoms with Crippen LogP contribution in [0.1, 0.15) is 24.3 Å². The van der Waals surface area contributed by atoms with Gasteiger partial charge in [-0.3, -0.25) is 34.2 Å². The maximum absolute atomic E-state index is 14.5. The van der Waals surface area contributed by atoms with Gasteiger partial charge >= 0.3 is 0 Å². The number of methoxy groups -OCH3 is 1. The Bertz CT molecular complexity index is 1990. The Labute approximate surface area is 286 Å². The van der Waals surface area contributed by atoms with E-state index in [4.69, 9.17) is 39.5 Å². The van der Waals surface area contributed by atoms with E-state index in [9.17, 15) is 38.8 Å². The molecule has 3 fully saturated rings. The molecule has 246 valence electrons. The van der Waals surface area contributed by atoms with E-state index in [1.165, 1.54) is 55.6 Å². The number of rotatable bonds is 5. The number of non-ortho nitro benzene ring substituents is 1. The van der Waals surface area contributed by atoms with E-state index in [1.54, 1.807) is 6.08 Å². The highest BCUT2D eigenvalue weighted by atomic mass is 35.5. The molecule has 48 heavy (non-hydrogen) atoms. The van der Waals surface area contributed by atoms with Crippen LogP contribution >= 0.6 is 34.8 Å². The quantitative estimate of drug-likeness (QED) is 0.114. The van der Waals surface area contributed by atoms with Gasteiger partial charge in [-0.05, 0) is 72.9 Å². The number of hydrogen-bond acceptors (Lipinski definition) is 8. The summed E-state index contributed by atoms with van der Waals surface area (Å²) < 4.78 is 19.2. The lowest BCUT2D eigenvalue weighted by molar-refractivity contribution is -0.384. The van der Waals surface area contributed by atoms with Crippen molar-refractivity contribution in [2.24, 2.45) is 17.8 Å². The molecule has 11 nitrogen and oxygen atoms in total. The number of benzene rings is 3. The normalized spacial score (nSPS) is 29.4. The molecule has 7 rings (SSSR count). The van der Waals surface area contributed by atoms with Crippen molar-refractivity contribution >= 4 is 75.5 Å². The summed E-state index contributed by atoms with van der Waals surface area (Å²) in [5.74, 6) is -8.00. The van der Waals surface area contributed by atoms with Crippen molar-refractivity contribution in [2.75, 3.05) is 16.9 Å². The first-order valence-corrected chi connectivity index (χ1v) is 15.8. The summed E-state index contributed by atoms with van der Waals surface area (Å²) in [7, 11) is 1.29. The molecular weight excluding hydrogens is 692 g/mol. The number of anilines is 2. The number of halogens is 4. The number of carbonyl (C=O) groups is 4. The van der Waals surface area contributed by atoms with Crippen LogP contribution in [-0.2, 0) is 19.2 Å². The van der Waals surface area contributed by atoms with Gasteiger partial charge in [-0.15, -0.1) is 23.2 Å². The van der Waals surface area contributed by atoms with E-state index < -0.39 is 67.8 Å². The number of amides is 4. The molecule has 15 heteroatoms. The summed E-state index contributed by atoms with van der Waals surface area (Å²) in [5.41, 5.74) is 0.633. The zero-order valence-electron chi connectivity index (χ0n) is 24.7. The second-order valence-corrected chi connectivity index (χ2v) is 13.7. The van der Waals surface area contributed by atoms with Crippen LogP contribution in [0.2, 0.25) is 5.02 Å². The lowest BCUT2D eigenvalue weighted by atomic mass is 9.56. The SMILES string of the molecule is COc1cc([C@H]2C3=CC[C@@H]4C(=O)N(c5ccc([N+](=O)[O-])cc5)C(=O)[C@@H]4[C@@H]3C[C@@]3(Cl)C(=O)N(c4ccc(F)cc4)C(=O)[C@@]23Cl)cc(Cl)c1O. The number of nitro groups is 1. The van der Waals surface area contributed by atoms with E-state index in [0.717, 1.165) is 21.9 Å². The lowest BCUT2D eigenvalue weighted by Gasteiger charge is -2.50. The van der Waals surface area contributed by atoms with E-state index >= 15 is 0 Å². The van der Waals surface area contributed by atoms with Crippen molar-refractivity contribution in [3.05, 3.63) is 98.8 Å². The number of phenols is 1. The predicted octanol–water partition coefficient (Wildman–Crippen LogP) is 5.87. The fourth-order valence-electron chi connectivity index (χ4n) is 7.67. The number of fused-ring (bicyclic) bond motifs is 4. The summed E-state index contributed by atoms with van der Waals surface area (Å²) >= 11 is 21.1. The van der Waals surface area contributed by atoms with Crippen LogP contribution < -0.4 is 14.5 Å². The molecule has 1 N–H and O–H groups in total. The maximum atomic E-state index is 14.5. The second kappa shape index (κ2) is 11.0. The summed E-state index contributed by atoms with van der Waals surface area (Å²) in [6.45, 7) is 0. The zero-order valence-corrected chi connectivity index (χ0v) is 27.0. The van der Waals surface area contributed by atoms with Crippen molar-refractivity contribution in [3.63, 3.8) is 0 Å². The number of allylic oxidation sites excluding steroid dienone is 2. The van der Waals surface area contributed by atoms with Gasteiger partial charge in [-0.25, -0.2) is 9.29 Å². The molecule has 4 aliphatic rings. The fourth-order valence-corrected chi connectivity index (χ4v) is 8.82. The van der Waals surface area contributed by atoms with Crippen LogP contribution in [0.25, 0.3) is 0 Å². The maximum Gasteiger partial charge on any atom is 0.269 e. The molecule has 0 radical (unpaired) electrons. The molecule has 2 heterocycles. The van der Waals surface area contributed by atoms with Gasteiger partial charge in [-0.1, -0.05) is 23.3 Å². The Kier molecular flexibility index (Phi) is 7.35. The summed E-state index contributed by atoms with van der Waals surface area (Å²) in [6, 6.07) is 12.4. The minimum atomic E-state index is -2.22. The Morgan fingerprint density at radius 2 is 1.56 bits per heavy atom. The predicted molar refractivity (Wildman–Crippen MR) is 172 cm³/mol. The first-order valence-electron chi connectivity index (χ1n) is 14.7. The van der Waals surface area contributed by atoms with Crippen molar-refractivity contribution in [3.8, 4) is 11.5 Å². The van der Waals surface area contributed by atoms with Crippen LogP contribution in [0.3, 0.4) is 0 Å². The Morgan fingerprint density at radius 1 is 0.938 bits per heavy atom. The number of imide groups is 2. The minimum absolute atomic E-state index is 0.0206. The summed E-state index contributed by atoms with van der Waals surface area (Å²) in [6.07, 6.45) is 1.46. The van der Waals surface area contributed by atoms with Gasteiger partial charge in [0.1, 0.15) is 5.82 Å². The molecule has 1 saturated carbocycles. The van der Waals surface area contributed by atoms with Crippen molar-refractivity contribution in [1.29, 1.82) is 0 Å². The van der Waals surface area contributed by atoms with E-state index in [-0.39, 0.29) is 52.0 Å². The molecular formula is C33H23Cl3FN3O8. The molecule has 0 spiro atoms. The third-order valence-electron chi connectivity index (χ3n) is 9.82. The molecule has 3 aromatic carbocycles. The summed E-state index contributed by atoms with van der Waals surface area (Å²) in [5, 5.41) is 21.6. The minimum Gasteiger partial charge on any atom is -0.503 e. The largest absolute Gasteiger partial charge is 0.503 e. The number of alkyl halides is 2. The molecule has 2 aliphatic carbocycles. The van der Waals surface area contributed by atoms with E-state index in [2.05, 4.69) is 0 Å². The summed E-state index contributed by atoms with van der Waals surface area (Å²) in [4.78, 5) is 64.7. The Balaban J connectivity index is 1.39. The van der Waals surface area contributed by atoms with E-state index in [0.29, 0.717) is 5.57 Å². The number of hydrogen-bond donors (Lipinski definition) is 1. The van der Waals surface area contributed by atoms with Crippen LogP contribution in [-0.4, -0.2) is 50.5 Å². The Hall–Kier alpha value is -4.52. The van der Waals surface area contributed by atoms with Crippen LogP contribution in [0.5, 0.6) is 11.5 Å². The van der Waals surface area contributed by atoms with Gasteiger partial charge in [0.2, 0.25) is 11.8 Å². The second-order valence-electron chi connectivity index (χ2n) is 12.1. The van der Waals surface area contributed by atoms with Crippen LogP contribution in [0.15, 0.2) is 72.3 Å². The average Bonchev–Trinajstić information content (AvgIpc) is 3.40. The molecule has 3 aromatic rings. The highest BCUT2D eigenvalue weighted by Gasteiger charge is 2.76. The molecule has 2 aliphatic heterocycles. The highest BCUT2D eigenvalue weighted by molar-refractivity contribution is 6.58. The molecule has 0 aromatic heterocycles. The number of carbonyl (C=O) groups excluding carboxylic acids is 4. The number of aromatic hydroxyl groups is 1. The molecule has 2 saturated heterocycles. The zero-order chi connectivity index (χ0) is 34.4. The van der Waals surface area contributed by atoms with Gasteiger partial charge in [0.05, 0.1) is 40.3 Å². The monoisotopic (exact) mass is 713 g/mol. The van der Waals surface area contributed by atoms with Crippen molar-refractivity contribution in [2.45, 2.75) is 28.5 Å². The lowest BCUT2D eigenvalue weighted by Crippen LogP contribution is -2.60. The molecule has 0 bridgehead atoms. The molecule has 6 atom stereocenters. The van der Waals surface area contributed by atoms with Gasteiger partial charge in [0.15, 0.2) is 21.2 Å². The Morgan fingerprint density at radius 3 is 2.19 bits per heavy atom. The molecule has 4 amide bonds. The third-order valence-corrected chi connectivity index (χ3v) is 11.5. The van der Waals surface area contributed by atoms with Crippen LogP contribution in [0.4, 0.5) is 21.5 Å². The third kappa shape index (κ3) is 4.25. The van der Waals surface area contributed by atoms with Crippen molar-refractivity contribution < 1.29 is 38.3 Å². The fraction of sp³-hybridized carbons (Fsp3) is 0.273. The van der Waals surface area contributed by atoms with E-state index in [1.807, 2.05) is 0 Å². The van der Waals surface area contributed by atoms with Crippen molar-refractivity contribution in [1.82, 2.24) is 0 Å². The first kappa shape index (κ1) is 32.0. The topological polar surface area (TPSA) is 147 Å². The number of ether oxygens (including phenoxy) is 1. The van der Waals surface area contributed by atoms with Gasteiger partial charge < -0.3 is 9.84 Å². The van der Waals surface area contributed by atoms with Crippen LogP contribution in [0, 0.1) is 33.7 Å².